The van der Waals surface area contributed by atoms with Gasteiger partial charge in [0.25, 0.3) is 5.91 Å². The summed E-state index contributed by atoms with van der Waals surface area (Å²) in [6, 6.07) is 6.80. The van der Waals surface area contributed by atoms with Crippen molar-refractivity contribution >= 4 is 17.6 Å². The Kier molecular flexibility index (Phi) is 4.01. The predicted octanol–water partition coefficient (Wildman–Crippen LogP) is 1.73. The molecule has 1 amide bonds. The average molecular weight is 315 g/mol. The number of hydrogen-bond donors (Lipinski definition) is 0. The number of rotatable bonds is 3. The molecule has 0 radical (unpaired) electrons. The molecule has 1 aliphatic heterocycles. The average Bonchev–Trinajstić information content (AvgIpc) is 3.04. The Morgan fingerprint density at radius 1 is 1.30 bits per heavy atom. The zero-order valence-electron chi connectivity index (χ0n) is 13.0. The van der Waals surface area contributed by atoms with Crippen molar-refractivity contribution in [2.75, 3.05) is 25.7 Å². The number of fused-ring (bicyclic) bond motifs is 1. The summed E-state index contributed by atoms with van der Waals surface area (Å²) in [5.41, 5.74) is 1.18. The van der Waals surface area contributed by atoms with E-state index in [0.29, 0.717) is 29.3 Å². The van der Waals surface area contributed by atoms with Crippen LogP contribution in [0.2, 0.25) is 0 Å². The summed E-state index contributed by atoms with van der Waals surface area (Å²) in [5.74, 6) is -0.304. The van der Waals surface area contributed by atoms with Crippen molar-refractivity contribution in [3.05, 3.63) is 41.6 Å². The van der Waals surface area contributed by atoms with Gasteiger partial charge in [0.05, 0.1) is 31.2 Å². The topological polar surface area (TPSA) is 73.7 Å². The van der Waals surface area contributed by atoms with E-state index < -0.39 is 5.97 Å². The van der Waals surface area contributed by atoms with Crippen LogP contribution >= 0.6 is 0 Å². The van der Waals surface area contributed by atoms with E-state index in [1.54, 1.807) is 36.0 Å². The molecule has 0 saturated heterocycles. The molecule has 1 aromatic carbocycles. The first kappa shape index (κ1) is 15.1. The first-order chi connectivity index (χ1) is 11.1. The molecule has 0 spiro atoms. The third kappa shape index (κ3) is 2.65. The van der Waals surface area contributed by atoms with Gasteiger partial charge in [-0.3, -0.25) is 4.79 Å². The summed E-state index contributed by atoms with van der Waals surface area (Å²) in [6.07, 6.45) is 2.36. The number of hydrogen-bond acceptors (Lipinski definition) is 5. The number of esters is 1. The van der Waals surface area contributed by atoms with Crippen molar-refractivity contribution in [2.24, 2.45) is 0 Å². The highest BCUT2D eigenvalue weighted by Gasteiger charge is 2.26. The lowest BCUT2D eigenvalue weighted by atomic mass is 10.1. The lowest BCUT2D eigenvalue weighted by Crippen LogP contribution is -2.29. The number of carbonyl (C=O) groups is 2. The highest BCUT2D eigenvalue weighted by molar-refractivity contribution is 6.10. The monoisotopic (exact) mass is 315 g/mol. The fraction of sp³-hybridized carbons (Fsp3) is 0.312. The molecule has 7 nitrogen and oxygen atoms in total. The van der Waals surface area contributed by atoms with E-state index in [9.17, 15) is 9.59 Å². The number of ether oxygens (including phenoxy) is 2. The molecule has 0 atom stereocenters. The maximum atomic E-state index is 12.8. The Balaban J connectivity index is 1.95. The first-order valence-corrected chi connectivity index (χ1v) is 7.27. The number of methoxy groups -OCH3 is 1. The zero-order valence-corrected chi connectivity index (χ0v) is 13.0. The van der Waals surface area contributed by atoms with Gasteiger partial charge in [0.1, 0.15) is 5.56 Å². The zero-order chi connectivity index (χ0) is 16.4. The van der Waals surface area contributed by atoms with Crippen LogP contribution in [0.5, 0.6) is 5.88 Å². The Labute approximate surface area is 133 Å². The summed E-state index contributed by atoms with van der Waals surface area (Å²) in [5, 5.41) is 4.18. The van der Waals surface area contributed by atoms with Gasteiger partial charge >= 0.3 is 5.97 Å². The van der Waals surface area contributed by atoms with Gasteiger partial charge in [-0.05, 0) is 12.1 Å². The molecular formula is C16H17N3O4. The van der Waals surface area contributed by atoms with Crippen molar-refractivity contribution in [3.63, 3.8) is 0 Å². The van der Waals surface area contributed by atoms with Gasteiger partial charge in [0, 0.05) is 20.0 Å². The van der Waals surface area contributed by atoms with Gasteiger partial charge in [-0.15, -0.1) is 0 Å². The molecular weight excluding hydrogens is 298 g/mol. The third-order valence-electron chi connectivity index (χ3n) is 3.75. The van der Waals surface area contributed by atoms with E-state index in [1.807, 2.05) is 0 Å². The van der Waals surface area contributed by atoms with Crippen molar-refractivity contribution < 1.29 is 19.1 Å². The number of para-hydroxylation sites is 1. The number of aryl methyl sites for hydroxylation is 1. The molecule has 120 valence electrons. The van der Waals surface area contributed by atoms with Gasteiger partial charge in [-0.2, -0.15) is 5.10 Å². The molecule has 1 aliphatic rings. The third-order valence-corrected chi connectivity index (χ3v) is 3.75. The normalized spacial score (nSPS) is 13.0. The molecule has 0 unspecified atom stereocenters. The number of anilines is 1. The van der Waals surface area contributed by atoms with Crippen LogP contribution in [-0.4, -0.2) is 42.4 Å². The number of carbonyl (C=O) groups excluding carboxylic acids is 2. The van der Waals surface area contributed by atoms with Crippen molar-refractivity contribution in [2.45, 2.75) is 13.0 Å². The smallest absolute Gasteiger partial charge is 0.339 e. The van der Waals surface area contributed by atoms with Gasteiger partial charge in [-0.25, -0.2) is 9.48 Å². The fourth-order valence-electron chi connectivity index (χ4n) is 2.55. The molecule has 2 aromatic rings. The van der Waals surface area contributed by atoms with Crippen LogP contribution in [0.25, 0.3) is 0 Å². The minimum Gasteiger partial charge on any atom is -0.477 e. The Hall–Kier alpha value is -2.83. The summed E-state index contributed by atoms with van der Waals surface area (Å²) < 4.78 is 12.0. The summed E-state index contributed by atoms with van der Waals surface area (Å²) in [4.78, 5) is 26.1. The number of amides is 1. The number of aromatic nitrogens is 2. The van der Waals surface area contributed by atoms with Crippen LogP contribution in [0.15, 0.2) is 30.5 Å². The minimum absolute atomic E-state index is 0.287. The number of benzene rings is 1. The van der Waals surface area contributed by atoms with E-state index in [1.165, 1.54) is 18.2 Å². The van der Waals surface area contributed by atoms with Crippen molar-refractivity contribution in [1.82, 2.24) is 9.78 Å². The maximum Gasteiger partial charge on any atom is 0.339 e. The molecule has 1 aromatic heterocycles. The predicted molar refractivity (Wildman–Crippen MR) is 82.9 cm³/mol. The lowest BCUT2D eigenvalue weighted by molar-refractivity contribution is 0.0601. The molecule has 23 heavy (non-hydrogen) atoms. The quantitative estimate of drug-likeness (QED) is 0.807. The fourth-order valence-corrected chi connectivity index (χ4v) is 2.55. The standard InChI is InChI=1S/C16H17N3O4/c1-18(13-7-4-3-6-11(13)16(21)22-2)14(20)12-10-17-19-8-5-9-23-15(12)19/h3-4,6-7,10H,5,8-9H2,1-2H3. The second-order valence-corrected chi connectivity index (χ2v) is 5.16. The van der Waals surface area contributed by atoms with E-state index in [2.05, 4.69) is 5.10 Å². The van der Waals surface area contributed by atoms with Crippen molar-refractivity contribution in [3.8, 4) is 5.88 Å². The Bertz CT molecular complexity index is 754. The molecule has 0 saturated carbocycles. The molecule has 0 fully saturated rings. The second-order valence-electron chi connectivity index (χ2n) is 5.16. The van der Waals surface area contributed by atoms with Crippen LogP contribution in [-0.2, 0) is 11.3 Å². The molecule has 3 rings (SSSR count). The van der Waals surface area contributed by atoms with Crippen LogP contribution in [0, 0.1) is 0 Å². The first-order valence-electron chi connectivity index (χ1n) is 7.27. The van der Waals surface area contributed by atoms with Crippen LogP contribution in [0.1, 0.15) is 27.1 Å². The van der Waals surface area contributed by atoms with E-state index >= 15 is 0 Å². The summed E-state index contributed by atoms with van der Waals surface area (Å²) >= 11 is 0. The Morgan fingerprint density at radius 2 is 2.09 bits per heavy atom. The van der Waals surface area contributed by atoms with Crippen LogP contribution < -0.4 is 9.64 Å². The van der Waals surface area contributed by atoms with E-state index in [-0.39, 0.29) is 5.91 Å². The van der Waals surface area contributed by atoms with Gasteiger partial charge in [0.15, 0.2) is 0 Å². The summed E-state index contributed by atoms with van der Waals surface area (Å²) in [7, 11) is 2.92. The molecule has 0 N–H and O–H groups in total. The lowest BCUT2D eigenvalue weighted by Gasteiger charge is -2.21. The highest BCUT2D eigenvalue weighted by atomic mass is 16.5. The minimum atomic E-state index is -0.492. The highest BCUT2D eigenvalue weighted by Crippen LogP contribution is 2.27. The second kappa shape index (κ2) is 6.12. The Morgan fingerprint density at radius 3 is 2.87 bits per heavy atom. The SMILES string of the molecule is COC(=O)c1ccccc1N(C)C(=O)c1cnn2c1OCCC2. The molecule has 0 aliphatic carbocycles. The van der Waals surface area contributed by atoms with Gasteiger partial charge in [-0.1, -0.05) is 12.1 Å². The van der Waals surface area contributed by atoms with Crippen LogP contribution in [0.4, 0.5) is 5.69 Å². The van der Waals surface area contributed by atoms with Gasteiger partial charge < -0.3 is 14.4 Å². The summed E-state index contributed by atoms with van der Waals surface area (Å²) in [6.45, 7) is 1.29. The van der Waals surface area contributed by atoms with Gasteiger partial charge in [0.2, 0.25) is 5.88 Å². The molecule has 7 heteroatoms. The largest absolute Gasteiger partial charge is 0.477 e. The van der Waals surface area contributed by atoms with E-state index in [4.69, 9.17) is 9.47 Å². The maximum absolute atomic E-state index is 12.8. The molecule has 2 heterocycles. The molecule has 0 bridgehead atoms. The van der Waals surface area contributed by atoms with Crippen molar-refractivity contribution in [1.29, 1.82) is 0 Å². The van der Waals surface area contributed by atoms with E-state index in [0.717, 1.165) is 13.0 Å². The number of nitrogens with zero attached hydrogens (tertiary/aromatic N) is 3. The van der Waals surface area contributed by atoms with Crippen LogP contribution in [0.3, 0.4) is 0 Å².